The van der Waals surface area contributed by atoms with E-state index in [-0.39, 0.29) is 12.8 Å². The van der Waals surface area contributed by atoms with Crippen molar-refractivity contribution in [3.05, 3.63) is 60.8 Å². The number of ether oxygens (including phenoxy) is 1. The van der Waals surface area contributed by atoms with E-state index in [0.29, 0.717) is 45.1 Å². The van der Waals surface area contributed by atoms with Gasteiger partial charge in [0.25, 0.3) is 0 Å². The van der Waals surface area contributed by atoms with Gasteiger partial charge < -0.3 is 19.6 Å². The molecule has 5 rings (SSSR count). The Hall–Kier alpha value is -4.80. The fraction of sp³-hybridized carbons (Fsp3) is 0.231. The van der Waals surface area contributed by atoms with E-state index in [0.717, 1.165) is 5.39 Å². The molecule has 37 heavy (non-hydrogen) atoms. The number of hydrogen-bond donors (Lipinski definition) is 2. The Labute approximate surface area is 211 Å². The van der Waals surface area contributed by atoms with E-state index < -0.39 is 17.7 Å². The molecule has 0 aliphatic rings. The molecule has 11 nitrogen and oxygen atoms in total. The molecule has 0 fully saturated rings. The summed E-state index contributed by atoms with van der Waals surface area (Å²) in [5.41, 5.74) is 1.93. The topological polar surface area (TPSA) is 145 Å². The van der Waals surface area contributed by atoms with Gasteiger partial charge in [0, 0.05) is 41.5 Å². The van der Waals surface area contributed by atoms with Crippen LogP contribution in [-0.2, 0) is 16.0 Å². The van der Waals surface area contributed by atoms with Crippen LogP contribution in [0.15, 0.2) is 59.5 Å². The van der Waals surface area contributed by atoms with E-state index >= 15 is 0 Å². The van der Waals surface area contributed by atoms with Crippen molar-refractivity contribution in [2.75, 3.05) is 5.32 Å². The van der Waals surface area contributed by atoms with Crippen molar-refractivity contribution in [1.29, 1.82) is 0 Å². The normalized spacial score (nSPS) is 11.6. The predicted octanol–water partition coefficient (Wildman–Crippen LogP) is 5.18. The van der Waals surface area contributed by atoms with Crippen LogP contribution in [-0.4, -0.2) is 47.5 Å². The summed E-state index contributed by atoms with van der Waals surface area (Å²) in [5, 5.41) is 18.5. The van der Waals surface area contributed by atoms with E-state index in [1.807, 2.05) is 12.1 Å². The number of pyridine rings is 1. The number of furan rings is 1. The standard InChI is InChI=1S/C26H24N6O5/c1-26(2,3)37-25(35)32-18-7-4-6-16(21(18)17(31-32)8-9-20(33)34)30-22-15-10-13-27-14-19(15)36-23(22)24-28-11-5-12-29-24/h4-7,10-14,30H,8-9H2,1-3H3,(H,33,34). The van der Waals surface area contributed by atoms with Gasteiger partial charge in [-0.1, -0.05) is 6.07 Å². The number of carboxylic acids is 1. The molecule has 0 aliphatic carbocycles. The van der Waals surface area contributed by atoms with Crippen LogP contribution in [0.1, 0.15) is 32.9 Å². The number of carbonyl (C=O) groups is 2. The Morgan fingerprint density at radius 3 is 2.62 bits per heavy atom. The monoisotopic (exact) mass is 500 g/mol. The highest BCUT2D eigenvalue weighted by atomic mass is 16.6. The minimum absolute atomic E-state index is 0.116. The fourth-order valence-electron chi connectivity index (χ4n) is 3.98. The number of anilines is 2. The predicted molar refractivity (Wildman–Crippen MR) is 136 cm³/mol. The van der Waals surface area contributed by atoms with Crippen LogP contribution in [0, 0.1) is 0 Å². The Morgan fingerprint density at radius 1 is 1.11 bits per heavy atom. The van der Waals surface area contributed by atoms with Crippen LogP contribution >= 0.6 is 0 Å². The lowest BCUT2D eigenvalue weighted by molar-refractivity contribution is -0.136. The molecule has 0 bridgehead atoms. The molecule has 0 saturated carbocycles. The first-order chi connectivity index (χ1) is 17.7. The molecular formula is C26H24N6O5. The van der Waals surface area contributed by atoms with E-state index in [1.165, 1.54) is 4.68 Å². The van der Waals surface area contributed by atoms with Gasteiger partial charge in [-0.15, -0.1) is 0 Å². The third kappa shape index (κ3) is 4.83. The molecule has 0 saturated heterocycles. The molecule has 11 heteroatoms. The number of fused-ring (bicyclic) bond motifs is 2. The van der Waals surface area contributed by atoms with E-state index in [9.17, 15) is 14.7 Å². The third-order valence-electron chi connectivity index (χ3n) is 5.44. The van der Waals surface area contributed by atoms with Crippen molar-refractivity contribution in [2.24, 2.45) is 0 Å². The van der Waals surface area contributed by atoms with Crippen molar-refractivity contribution in [3.8, 4) is 11.6 Å². The third-order valence-corrected chi connectivity index (χ3v) is 5.44. The van der Waals surface area contributed by atoms with E-state index in [1.54, 1.807) is 63.8 Å². The van der Waals surface area contributed by atoms with Crippen LogP contribution in [0.2, 0.25) is 0 Å². The van der Waals surface area contributed by atoms with Gasteiger partial charge >= 0.3 is 12.1 Å². The fourth-order valence-corrected chi connectivity index (χ4v) is 3.98. The molecule has 1 aromatic carbocycles. The number of carbonyl (C=O) groups excluding carboxylic acids is 1. The highest BCUT2D eigenvalue weighted by Gasteiger charge is 2.25. The zero-order valence-electron chi connectivity index (χ0n) is 20.4. The maximum absolute atomic E-state index is 13.0. The Bertz CT molecular complexity index is 1620. The first-order valence-electron chi connectivity index (χ1n) is 11.6. The summed E-state index contributed by atoms with van der Waals surface area (Å²) < 4.78 is 12.8. The van der Waals surface area contributed by atoms with Crippen molar-refractivity contribution in [3.63, 3.8) is 0 Å². The summed E-state index contributed by atoms with van der Waals surface area (Å²) in [6.07, 6.45) is 5.79. The molecule has 4 heterocycles. The second-order valence-electron chi connectivity index (χ2n) is 9.31. The number of carboxylic acid groups (broad SMARTS) is 1. The molecule has 0 unspecified atom stereocenters. The number of aliphatic carboxylic acids is 1. The minimum Gasteiger partial charge on any atom is -0.481 e. The maximum Gasteiger partial charge on any atom is 0.435 e. The summed E-state index contributed by atoms with van der Waals surface area (Å²) in [6, 6.07) is 8.85. The van der Waals surface area contributed by atoms with Gasteiger partial charge in [-0.05, 0) is 45.0 Å². The molecule has 0 spiro atoms. The molecule has 0 radical (unpaired) electrons. The van der Waals surface area contributed by atoms with Crippen molar-refractivity contribution >= 4 is 45.3 Å². The van der Waals surface area contributed by atoms with Crippen molar-refractivity contribution in [2.45, 2.75) is 39.2 Å². The average Bonchev–Trinajstić information content (AvgIpc) is 3.42. The van der Waals surface area contributed by atoms with Crippen LogP contribution in [0.4, 0.5) is 16.2 Å². The first-order valence-corrected chi connectivity index (χ1v) is 11.6. The average molecular weight is 501 g/mol. The SMILES string of the molecule is CC(C)(C)OC(=O)n1nc(CCC(=O)O)c2c(Nc3c(-c4ncccn4)oc4cnccc34)cccc21. The van der Waals surface area contributed by atoms with Crippen LogP contribution < -0.4 is 5.32 Å². The Balaban J connectivity index is 1.67. The van der Waals surface area contributed by atoms with E-state index in [4.69, 9.17) is 9.15 Å². The molecule has 4 aromatic heterocycles. The molecule has 188 valence electrons. The highest BCUT2D eigenvalue weighted by molar-refractivity contribution is 6.04. The first kappa shape index (κ1) is 23.9. The number of hydrogen-bond acceptors (Lipinski definition) is 9. The van der Waals surface area contributed by atoms with Gasteiger partial charge in [0.05, 0.1) is 29.5 Å². The van der Waals surface area contributed by atoms with Crippen LogP contribution in [0.25, 0.3) is 33.5 Å². The van der Waals surface area contributed by atoms with Gasteiger partial charge in [-0.2, -0.15) is 9.78 Å². The quantitative estimate of drug-likeness (QED) is 0.320. The van der Waals surface area contributed by atoms with Gasteiger partial charge in [-0.3, -0.25) is 9.78 Å². The molecule has 0 atom stereocenters. The Morgan fingerprint density at radius 2 is 1.89 bits per heavy atom. The van der Waals surface area contributed by atoms with Gasteiger partial charge in [0.2, 0.25) is 0 Å². The number of rotatable bonds is 6. The minimum atomic E-state index is -0.970. The smallest absolute Gasteiger partial charge is 0.435 e. The number of nitrogens with one attached hydrogen (secondary N) is 1. The molecule has 5 aromatic rings. The summed E-state index contributed by atoms with van der Waals surface area (Å²) in [4.78, 5) is 37.1. The lowest BCUT2D eigenvalue weighted by Crippen LogP contribution is -2.27. The van der Waals surface area contributed by atoms with Crippen molar-refractivity contribution < 1.29 is 23.8 Å². The highest BCUT2D eigenvalue weighted by Crippen LogP contribution is 2.40. The molecule has 2 N–H and O–H groups in total. The maximum atomic E-state index is 13.0. The largest absolute Gasteiger partial charge is 0.481 e. The Kier molecular flexibility index (Phi) is 6.04. The van der Waals surface area contributed by atoms with Crippen molar-refractivity contribution in [1.82, 2.24) is 24.7 Å². The number of aromatic nitrogens is 5. The second kappa shape index (κ2) is 9.34. The lowest BCUT2D eigenvalue weighted by atomic mass is 10.1. The summed E-state index contributed by atoms with van der Waals surface area (Å²) in [6.45, 7) is 5.29. The summed E-state index contributed by atoms with van der Waals surface area (Å²) in [5.74, 6) is -0.182. The zero-order chi connectivity index (χ0) is 26.2. The summed E-state index contributed by atoms with van der Waals surface area (Å²) in [7, 11) is 0. The molecule has 0 amide bonds. The van der Waals surface area contributed by atoms with Gasteiger partial charge in [0.15, 0.2) is 17.2 Å². The van der Waals surface area contributed by atoms with Gasteiger partial charge in [0.1, 0.15) is 5.60 Å². The molecule has 0 aliphatic heterocycles. The zero-order valence-corrected chi connectivity index (χ0v) is 20.4. The summed E-state index contributed by atoms with van der Waals surface area (Å²) >= 11 is 0. The number of aryl methyl sites for hydroxylation is 1. The number of benzene rings is 1. The number of nitrogens with zero attached hydrogens (tertiary/aromatic N) is 5. The lowest BCUT2D eigenvalue weighted by Gasteiger charge is -2.19. The van der Waals surface area contributed by atoms with Gasteiger partial charge in [-0.25, -0.2) is 14.8 Å². The van der Waals surface area contributed by atoms with Crippen LogP contribution in [0.3, 0.4) is 0 Å². The molecular weight excluding hydrogens is 476 g/mol. The second-order valence-corrected chi connectivity index (χ2v) is 9.31. The van der Waals surface area contributed by atoms with Crippen LogP contribution in [0.5, 0.6) is 0 Å². The van der Waals surface area contributed by atoms with E-state index in [2.05, 4.69) is 25.4 Å².